The zero-order valence-electron chi connectivity index (χ0n) is 15.0. The summed E-state index contributed by atoms with van der Waals surface area (Å²) >= 11 is 0. The Balaban J connectivity index is 1.71. The lowest BCUT2D eigenvalue weighted by molar-refractivity contribution is -0.116. The minimum absolute atomic E-state index is 0.0412. The molecule has 1 aliphatic heterocycles. The number of anilines is 1. The molecule has 2 rings (SSSR count). The van der Waals surface area contributed by atoms with Crippen LogP contribution in [0.2, 0.25) is 0 Å². The highest BCUT2D eigenvalue weighted by Gasteiger charge is 2.13. The number of hydrogen-bond donors (Lipinski definition) is 1. The van der Waals surface area contributed by atoms with Crippen LogP contribution in [-0.2, 0) is 9.53 Å². The van der Waals surface area contributed by atoms with E-state index in [1.807, 2.05) is 44.4 Å². The fourth-order valence-electron chi connectivity index (χ4n) is 2.68. The Labute approximate surface area is 145 Å². The van der Waals surface area contributed by atoms with E-state index in [4.69, 9.17) is 4.74 Å². The summed E-state index contributed by atoms with van der Waals surface area (Å²) in [5.74, 6) is 0.389. The first-order valence-electron chi connectivity index (χ1n) is 8.58. The van der Waals surface area contributed by atoms with Gasteiger partial charge in [-0.05, 0) is 29.7 Å². The van der Waals surface area contributed by atoms with Crippen molar-refractivity contribution in [3.8, 4) is 0 Å². The lowest BCUT2D eigenvalue weighted by Gasteiger charge is -2.29. The van der Waals surface area contributed by atoms with Gasteiger partial charge >= 0.3 is 0 Å². The average molecular weight is 331 g/mol. The van der Waals surface area contributed by atoms with Gasteiger partial charge in [0, 0.05) is 52.0 Å². The van der Waals surface area contributed by atoms with Crippen LogP contribution in [0.1, 0.15) is 12.5 Å². The van der Waals surface area contributed by atoms with Crippen LogP contribution in [0.4, 0.5) is 5.69 Å². The van der Waals surface area contributed by atoms with Gasteiger partial charge in [-0.15, -0.1) is 0 Å². The summed E-state index contributed by atoms with van der Waals surface area (Å²) < 4.78 is 5.35. The smallest absolute Gasteiger partial charge is 0.244 e. The molecule has 1 atom stereocenters. The number of ether oxygens (including phenoxy) is 1. The molecule has 5 heteroatoms. The molecular weight excluding hydrogens is 302 g/mol. The number of morpholine rings is 1. The van der Waals surface area contributed by atoms with Crippen molar-refractivity contribution in [1.29, 1.82) is 0 Å². The van der Waals surface area contributed by atoms with Gasteiger partial charge in [0.15, 0.2) is 0 Å². The molecule has 1 saturated heterocycles. The maximum atomic E-state index is 11.9. The molecule has 0 bridgehead atoms. The standard InChI is InChI=1S/C19H29N3O2/c1-16(15-22-10-12-24-13-11-22)14-20-19(23)9-6-17-4-7-18(8-5-17)21(2)3/h4-9,16H,10-15H2,1-3H3,(H,20,23)/b9-6+. The molecular formula is C19H29N3O2. The van der Waals surface area contributed by atoms with Crippen LogP contribution in [0.15, 0.2) is 30.3 Å². The molecule has 1 unspecified atom stereocenters. The SMILES string of the molecule is CC(CNC(=O)/C=C/c1ccc(N(C)C)cc1)CN1CCOCC1. The van der Waals surface area contributed by atoms with Crippen LogP contribution in [0.25, 0.3) is 6.08 Å². The van der Waals surface area contributed by atoms with Gasteiger partial charge in [0.1, 0.15) is 0 Å². The summed E-state index contributed by atoms with van der Waals surface area (Å²) in [6.45, 7) is 7.46. The van der Waals surface area contributed by atoms with E-state index >= 15 is 0 Å². The summed E-state index contributed by atoms with van der Waals surface area (Å²) in [5, 5.41) is 2.98. The van der Waals surface area contributed by atoms with Crippen molar-refractivity contribution in [2.45, 2.75) is 6.92 Å². The third kappa shape index (κ3) is 6.34. The molecule has 0 aromatic heterocycles. The largest absolute Gasteiger partial charge is 0.379 e. The second kappa shape index (κ2) is 9.45. The number of hydrogen-bond acceptors (Lipinski definition) is 4. The van der Waals surface area contributed by atoms with Crippen molar-refractivity contribution in [2.75, 3.05) is 58.4 Å². The monoisotopic (exact) mass is 331 g/mol. The van der Waals surface area contributed by atoms with Crippen molar-refractivity contribution in [3.05, 3.63) is 35.9 Å². The van der Waals surface area contributed by atoms with Crippen molar-refractivity contribution in [1.82, 2.24) is 10.2 Å². The fourth-order valence-corrected chi connectivity index (χ4v) is 2.68. The number of amides is 1. The van der Waals surface area contributed by atoms with Gasteiger partial charge in [-0.1, -0.05) is 19.1 Å². The molecule has 1 heterocycles. The normalized spacial score (nSPS) is 17.0. The summed E-state index contributed by atoms with van der Waals surface area (Å²) in [5.41, 5.74) is 2.17. The van der Waals surface area contributed by atoms with E-state index in [2.05, 4.69) is 22.0 Å². The Bertz CT molecular complexity index is 534. The average Bonchev–Trinajstić information content (AvgIpc) is 2.59. The Kier molecular flexibility index (Phi) is 7.28. The highest BCUT2D eigenvalue weighted by atomic mass is 16.5. The summed E-state index contributed by atoms with van der Waals surface area (Å²) in [6, 6.07) is 8.12. The van der Waals surface area contributed by atoms with Crippen LogP contribution >= 0.6 is 0 Å². The lowest BCUT2D eigenvalue weighted by Crippen LogP contribution is -2.41. The van der Waals surface area contributed by atoms with Crippen LogP contribution < -0.4 is 10.2 Å². The van der Waals surface area contributed by atoms with Crippen molar-refractivity contribution in [2.24, 2.45) is 5.92 Å². The third-order valence-corrected chi connectivity index (χ3v) is 4.13. The quantitative estimate of drug-likeness (QED) is 0.775. The predicted octanol–water partition coefficient (Wildman–Crippen LogP) is 1.85. The molecule has 0 saturated carbocycles. The van der Waals surface area contributed by atoms with Gasteiger partial charge in [0.25, 0.3) is 0 Å². The van der Waals surface area contributed by atoms with Crippen molar-refractivity contribution in [3.63, 3.8) is 0 Å². The van der Waals surface area contributed by atoms with E-state index in [1.165, 1.54) is 0 Å². The predicted molar refractivity (Wildman–Crippen MR) is 99.2 cm³/mol. The Morgan fingerprint density at radius 3 is 2.58 bits per heavy atom. The molecule has 0 radical (unpaired) electrons. The third-order valence-electron chi connectivity index (χ3n) is 4.13. The minimum Gasteiger partial charge on any atom is -0.379 e. The zero-order valence-corrected chi connectivity index (χ0v) is 15.0. The maximum Gasteiger partial charge on any atom is 0.244 e. The van der Waals surface area contributed by atoms with Crippen molar-refractivity contribution >= 4 is 17.7 Å². The van der Waals surface area contributed by atoms with Crippen LogP contribution in [-0.4, -0.2) is 64.3 Å². The molecule has 24 heavy (non-hydrogen) atoms. The molecule has 0 aliphatic carbocycles. The molecule has 1 aliphatic rings. The number of nitrogens with one attached hydrogen (secondary N) is 1. The highest BCUT2D eigenvalue weighted by Crippen LogP contribution is 2.13. The van der Waals surface area contributed by atoms with Crippen molar-refractivity contribution < 1.29 is 9.53 Å². The number of benzene rings is 1. The lowest BCUT2D eigenvalue weighted by atomic mass is 10.1. The first-order chi connectivity index (χ1) is 11.5. The first-order valence-corrected chi connectivity index (χ1v) is 8.58. The summed E-state index contributed by atoms with van der Waals surface area (Å²) in [4.78, 5) is 16.4. The molecule has 1 aromatic rings. The Morgan fingerprint density at radius 2 is 1.96 bits per heavy atom. The summed E-state index contributed by atoms with van der Waals surface area (Å²) in [6.07, 6.45) is 3.45. The highest BCUT2D eigenvalue weighted by molar-refractivity contribution is 5.91. The minimum atomic E-state index is -0.0412. The number of carbonyl (C=O) groups excluding carboxylic acids is 1. The van der Waals surface area contributed by atoms with E-state index in [9.17, 15) is 4.79 Å². The van der Waals surface area contributed by atoms with Gasteiger partial charge < -0.3 is 15.0 Å². The maximum absolute atomic E-state index is 11.9. The second-order valence-electron chi connectivity index (χ2n) is 6.58. The Hall–Kier alpha value is -1.85. The van der Waals surface area contributed by atoms with E-state index in [-0.39, 0.29) is 5.91 Å². The van der Waals surface area contributed by atoms with E-state index in [1.54, 1.807) is 6.08 Å². The van der Waals surface area contributed by atoms with Gasteiger partial charge in [0.2, 0.25) is 5.91 Å². The molecule has 1 aromatic carbocycles. The van der Waals surface area contributed by atoms with E-state index < -0.39 is 0 Å². The number of carbonyl (C=O) groups is 1. The molecule has 5 nitrogen and oxygen atoms in total. The molecule has 132 valence electrons. The molecule has 1 fully saturated rings. The van der Waals surface area contributed by atoms with Gasteiger partial charge in [-0.2, -0.15) is 0 Å². The molecule has 0 spiro atoms. The van der Waals surface area contributed by atoms with Crippen LogP contribution in [0.3, 0.4) is 0 Å². The van der Waals surface area contributed by atoms with E-state index in [0.29, 0.717) is 12.5 Å². The molecule has 1 N–H and O–H groups in total. The molecule has 1 amide bonds. The first kappa shape index (κ1) is 18.5. The number of rotatable bonds is 7. The van der Waals surface area contributed by atoms with Gasteiger partial charge in [-0.3, -0.25) is 9.69 Å². The summed E-state index contributed by atoms with van der Waals surface area (Å²) in [7, 11) is 4.02. The van der Waals surface area contributed by atoms with Gasteiger partial charge in [-0.25, -0.2) is 0 Å². The Morgan fingerprint density at radius 1 is 1.29 bits per heavy atom. The number of nitrogens with zero attached hydrogens (tertiary/aromatic N) is 2. The zero-order chi connectivity index (χ0) is 17.4. The van der Waals surface area contributed by atoms with E-state index in [0.717, 1.165) is 44.1 Å². The van der Waals surface area contributed by atoms with Crippen LogP contribution in [0.5, 0.6) is 0 Å². The van der Waals surface area contributed by atoms with Crippen LogP contribution in [0, 0.1) is 5.92 Å². The second-order valence-corrected chi connectivity index (χ2v) is 6.58. The van der Waals surface area contributed by atoms with Gasteiger partial charge in [0.05, 0.1) is 13.2 Å². The topological polar surface area (TPSA) is 44.8 Å². The fraction of sp³-hybridized carbons (Fsp3) is 0.526.